The number of benzene rings is 1. The molecule has 2 rings (SSSR count). The summed E-state index contributed by atoms with van der Waals surface area (Å²) in [4.78, 5) is 11.9. The van der Waals surface area contributed by atoms with Crippen molar-refractivity contribution in [3.8, 4) is 5.69 Å². The van der Waals surface area contributed by atoms with E-state index in [1.807, 2.05) is 18.2 Å². The van der Waals surface area contributed by atoms with Crippen LogP contribution in [-0.4, -0.2) is 22.2 Å². The molecule has 0 bridgehead atoms. The normalized spacial score (nSPS) is 11.5. The highest BCUT2D eigenvalue weighted by Crippen LogP contribution is 2.27. The lowest BCUT2D eigenvalue weighted by molar-refractivity contribution is -0.116. The molecule has 0 radical (unpaired) electrons. The zero-order valence-corrected chi connectivity index (χ0v) is 13.8. The summed E-state index contributed by atoms with van der Waals surface area (Å²) in [6.45, 7) is 6.53. The Bertz CT molecular complexity index is 673. The number of halogens is 1. The van der Waals surface area contributed by atoms with Gasteiger partial charge in [-0.3, -0.25) is 4.79 Å². The Morgan fingerprint density at radius 2 is 2.09 bits per heavy atom. The lowest BCUT2D eigenvalue weighted by atomic mass is 9.92. The highest BCUT2D eigenvalue weighted by Gasteiger charge is 2.21. The fourth-order valence-corrected chi connectivity index (χ4v) is 2.16. The average molecular weight is 321 g/mol. The second kappa shape index (κ2) is 6.50. The Balaban J connectivity index is 2.46. The second-order valence-electron chi connectivity index (χ2n) is 6.14. The van der Waals surface area contributed by atoms with E-state index in [1.165, 1.54) is 0 Å². The molecule has 2 aromatic rings. The molecule has 0 saturated heterocycles. The molecule has 0 aliphatic heterocycles. The first-order valence-corrected chi connectivity index (χ1v) is 7.55. The van der Waals surface area contributed by atoms with E-state index in [9.17, 15) is 4.79 Å². The fraction of sp³-hybridized carbons (Fsp3) is 0.375. The van der Waals surface area contributed by atoms with E-state index in [4.69, 9.17) is 17.3 Å². The van der Waals surface area contributed by atoms with Crippen LogP contribution in [0.5, 0.6) is 0 Å². The van der Waals surface area contributed by atoms with Gasteiger partial charge in [0.25, 0.3) is 0 Å². The van der Waals surface area contributed by atoms with E-state index in [-0.39, 0.29) is 17.7 Å². The van der Waals surface area contributed by atoms with E-state index in [0.29, 0.717) is 17.4 Å². The molecule has 0 aliphatic carbocycles. The molecule has 1 heterocycles. The van der Waals surface area contributed by atoms with Gasteiger partial charge in [-0.15, -0.1) is 0 Å². The van der Waals surface area contributed by atoms with Gasteiger partial charge in [-0.25, -0.2) is 4.68 Å². The SMILES string of the molecule is CC(C)(C)c1cc(NC(=O)CCN)n(-c2cccc(Cl)c2)n1. The smallest absolute Gasteiger partial charge is 0.226 e. The maximum Gasteiger partial charge on any atom is 0.226 e. The van der Waals surface area contributed by atoms with Crippen LogP contribution < -0.4 is 11.1 Å². The van der Waals surface area contributed by atoms with Gasteiger partial charge in [0, 0.05) is 29.5 Å². The third-order valence-corrected chi connectivity index (χ3v) is 3.40. The molecular formula is C16H21ClN4O. The van der Waals surface area contributed by atoms with Gasteiger partial charge in [-0.2, -0.15) is 5.10 Å². The van der Waals surface area contributed by atoms with Crippen LogP contribution in [0.3, 0.4) is 0 Å². The van der Waals surface area contributed by atoms with Crippen LogP contribution in [0.1, 0.15) is 32.9 Å². The van der Waals surface area contributed by atoms with E-state index in [1.54, 1.807) is 16.8 Å². The molecule has 5 nitrogen and oxygen atoms in total. The number of rotatable bonds is 4. The number of nitrogens with two attached hydrogens (primary N) is 1. The van der Waals surface area contributed by atoms with Crippen LogP contribution in [-0.2, 0) is 10.2 Å². The minimum absolute atomic E-state index is 0.128. The predicted molar refractivity (Wildman–Crippen MR) is 89.6 cm³/mol. The van der Waals surface area contributed by atoms with Gasteiger partial charge in [0.2, 0.25) is 5.91 Å². The average Bonchev–Trinajstić information content (AvgIpc) is 2.82. The monoisotopic (exact) mass is 320 g/mol. The van der Waals surface area contributed by atoms with Crippen molar-refractivity contribution in [3.05, 3.63) is 41.0 Å². The number of aromatic nitrogens is 2. The quantitative estimate of drug-likeness (QED) is 0.909. The van der Waals surface area contributed by atoms with E-state index in [2.05, 4.69) is 31.2 Å². The Hall–Kier alpha value is -1.85. The first-order valence-electron chi connectivity index (χ1n) is 7.17. The fourth-order valence-electron chi connectivity index (χ4n) is 1.98. The topological polar surface area (TPSA) is 72.9 Å². The Kier molecular flexibility index (Phi) is 4.88. The Labute approximate surface area is 135 Å². The van der Waals surface area contributed by atoms with Crippen LogP contribution in [0.25, 0.3) is 5.69 Å². The van der Waals surface area contributed by atoms with Crippen LogP contribution in [0, 0.1) is 0 Å². The Morgan fingerprint density at radius 3 is 2.68 bits per heavy atom. The number of hydrogen-bond donors (Lipinski definition) is 2. The molecule has 1 aromatic carbocycles. The molecule has 0 spiro atoms. The summed E-state index contributed by atoms with van der Waals surface area (Å²) < 4.78 is 1.70. The highest BCUT2D eigenvalue weighted by atomic mass is 35.5. The molecule has 6 heteroatoms. The van der Waals surface area contributed by atoms with E-state index in [0.717, 1.165) is 11.4 Å². The first-order chi connectivity index (χ1) is 10.3. The van der Waals surface area contributed by atoms with Gasteiger partial charge < -0.3 is 11.1 Å². The molecule has 0 atom stereocenters. The van der Waals surface area contributed by atoms with Gasteiger partial charge in [0.1, 0.15) is 5.82 Å². The summed E-state index contributed by atoms with van der Waals surface area (Å²) in [5, 5.41) is 8.09. The third-order valence-electron chi connectivity index (χ3n) is 3.17. The van der Waals surface area contributed by atoms with Crippen molar-refractivity contribution in [2.45, 2.75) is 32.6 Å². The zero-order chi connectivity index (χ0) is 16.3. The van der Waals surface area contributed by atoms with Gasteiger partial charge in [-0.1, -0.05) is 38.4 Å². The largest absolute Gasteiger partial charge is 0.330 e. The number of hydrogen-bond acceptors (Lipinski definition) is 3. The maximum atomic E-state index is 11.9. The van der Waals surface area contributed by atoms with Crippen molar-refractivity contribution in [2.24, 2.45) is 5.73 Å². The van der Waals surface area contributed by atoms with Crippen molar-refractivity contribution >= 4 is 23.3 Å². The van der Waals surface area contributed by atoms with Gasteiger partial charge in [0.15, 0.2) is 0 Å². The number of nitrogens with one attached hydrogen (secondary N) is 1. The van der Waals surface area contributed by atoms with Gasteiger partial charge in [0.05, 0.1) is 11.4 Å². The summed E-state index contributed by atoms with van der Waals surface area (Å²) in [5.74, 6) is 0.483. The molecule has 0 fully saturated rings. The van der Waals surface area contributed by atoms with Gasteiger partial charge >= 0.3 is 0 Å². The van der Waals surface area contributed by atoms with E-state index >= 15 is 0 Å². The summed E-state index contributed by atoms with van der Waals surface area (Å²) in [7, 11) is 0. The Morgan fingerprint density at radius 1 is 1.36 bits per heavy atom. The molecule has 0 unspecified atom stereocenters. The van der Waals surface area contributed by atoms with Crippen LogP contribution in [0.2, 0.25) is 5.02 Å². The van der Waals surface area contributed by atoms with Crippen molar-refractivity contribution in [1.82, 2.24) is 9.78 Å². The molecule has 22 heavy (non-hydrogen) atoms. The maximum absolute atomic E-state index is 11.9. The predicted octanol–water partition coefficient (Wildman–Crippen LogP) is 3.11. The number of nitrogens with zero attached hydrogens (tertiary/aromatic N) is 2. The molecular weight excluding hydrogens is 300 g/mol. The standard InChI is InChI=1S/C16H21ClN4O/c1-16(2,3)13-10-14(19-15(22)7-8-18)21(20-13)12-6-4-5-11(17)9-12/h4-6,9-10H,7-8,18H2,1-3H3,(H,19,22). The molecule has 0 saturated carbocycles. The van der Waals surface area contributed by atoms with E-state index < -0.39 is 0 Å². The molecule has 118 valence electrons. The van der Waals surface area contributed by atoms with Crippen LogP contribution in [0.4, 0.5) is 5.82 Å². The second-order valence-corrected chi connectivity index (χ2v) is 6.58. The summed E-state index contributed by atoms with van der Waals surface area (Å²) >= 11 is 6.05. The van der Waals surface area contributed by atoms with Crippen molar-refractivity contribution in [1.29, 1.82) is 0 Å². The summed E-state index contributed by atoms with van der Waals surface area (Å²) in [6.07, 6.45) is 0.269. The number of carbonyl (C=O) groups excluding carboxylic acids is 1. The van der Waals surface area contributed by atoms with Crippen LogP contribution >= 0.6 is 11.6 Å². The van der Waals surface area contributed by atoms with Crippen molar-refractivity contribution in [3.63, 3.8) is 0 Å². The lowest BCUT2D eigenvalue weighted by Crippen LogP contribution is -2.18. The van der Waals surface area contributed by atoms with Crippen LogP contribution in [0.15, 0.2) is 30.3 Å². The number of amides is 1. The molecule has 0 aliphatic rings. The van der Waals surface area contributed by atoms with Gasteiger partial charge in [-0.05, 0) is 18.2 Å². The molecule has 3 N–H and O–H groups in total. The number of carbonyl (C=O) groups is 1. The lowest BCUT2D eigenvalue weighted by Gasteiger charge is -2.14. The van der Waals surface area contributed by atoms with Crippen molar-refractivity contribution < 1.29 is 4.79 Å². The molecule has 1 amide bonds. The summed E-state index contributed by atoms with van der Waals surface area (Å²) in [6, 6.07) is 9.23. The first kappa shape index (κ1) is 16.5. The molecule has 1 aromatic heterocycles. The highest BCUT2D eigenvalue weighted by molar-refractivity contribution is 6.30. The van der Waals surface area contributed by atoms with Crippen molar-refractivity contribution in [2.75, 3.05) is 11.9 Å². The number of anilines is 1. The zero-order valence-electron chi connectivity index (χ0n) is 13.1. The minimum atomic E-state index is -0.133. The summed E-state index contributed by atoms with van der Waals surface area (Å²) in [5.41, 5.74) is 6.98. The minimum Gasteiger partial charge on any atom is -0.330 e. The third kappa shape index (κ3) is 3.87.